The zero-order valence-corrected chi connectivity index (χ0v) is 16.0. The van der Waals surface area contributed by atoms with Crippen molar-refractivity contribution in [1.82, 2.24) is 4.90 Å². The van der Waals surface area contributed by atoms with Gasteiger partial charge in [-0.05, 0) is 17.2 Å². The van der Waals surface area contributed by atoms with Crippen LogP contribution in [0.25, 0.3) is 11.1 Å². The second-order valence-corrected chi connectivity index (χ2v) is 6.04. The Balaban J connectivity index is 2.55. The number of carboxylic acid groups (broad SMARTS) is 1. The molecular weight excluding hydrogens is 350 g/mol. The zero-order valence-electron chi connectivity index (χ0n) is 16.0. The quantitative estimate of drug-likeness (QED) is 0.803. The predicted octanol–water partition coefficient (Wildman–Crippen LogP) is 2.71. The number of aromatic carboxylic acids is 1. The second-order valence-electron chi connectivity index (χ2n) is 6.04. The van der Waals surface area contributed by atoms with Crippen LogP contribution in [0.2, 0.25) is 0 Å². The Morgan fingerprint density at radius 2 is 1.48 bits per heavy atom. The second kappa shape index (κ2) is 8.44. The molecule has 1 amide bonds. The minimum Gasteiger partial charge on any atom is -0.492 e. The summed E-state index contributed by atoms with van der Waals surface area (Å²) < 4.78 is 16.0. The number of rotatable bonds is 7. The van der Waals surface area contributed by atoms with Gasteiger partial charge in [-0.1, -0.05) is 24.3 Å². The zero-order chi connectivity index (χ0) is 20.1. The molecule has 0 aliphatic heterocycles. The highest BCUT2D eigenvalue weighted by Crippen LogP contribution is 2.46. The first kappa shape index (κ1) is 20.1. The summed E-state index contributed by atoms with van der Waals surface area (Å²) in [7, 11) is 7.69. The van der Waals surface area contributed by atoms with Gasteiger partial charge in [0, 0.05) is 19.7 Å². The average Bonchev–Trinajstić information content (AvgIpc) is 2.66. The summed E-state index contributed by atoms with van der Waals surface area (Å²) in [5.41, 5.74) is 2.11. The Labute approximate surface area is 158 Å². The number of carbonyl (C=O) groups excluding carboxylic acids is 1. The molecule has 7 nitrogen and oxygen atoms in total. The first-order valence-corrected chi connectivity index (χ1v) is 8.19. The first-order valence-electron chi connectivity index (χ1n) is 8.19. The highest BCUT2D eigenvalue weighted by molar-refractivity contribution is 5.96. The van der Waals surface area contributed by atoms with Gasteiger partial charge in [-0.2, -0.15) is 0 Å². The number of hydrogen-bond acceptors (Lipinski definition) is 5. The molecule has 2 rings (SSSR count). The van der Waals surface area contributed by atoms with Crippen LogP contribution < -0.4 is 14.2 Å². The van der Waals surface area contributed by atoms with Crippen molar-refractivity contribution in [3.8, 4) is 28.4 Å². The van der Waals surface area contributed by atoms with Crippen molar-refractivity contribution in [2.75, 3.05) is 35.4 Å². The van der Waals surface area contributed by atoms with E-state index in [2.05, 4.69) is 0 Å². The van der Waals surface area contributed by atoms with Crippen LogP contribution in [0.3, 0.4) is 0 Å². The first-order chi connectivity index (χ1) is 12.8. The minimum absolute atomic E-state index is 0.000360. The average molecular weight is 373 g/mol. The third-order valence-electron chi connectivity index (χ3n) is 4.15. The van der Waals surface area contributed by atoms with E-state index < -0.39 is 5.97 Å². The highest BCUT2D eigenvalue weighted by atomic mass is 16.5. The Bertz CT molecular complexity index is 843. The van der Waals surface area contributed by atoms with E-state index in [9.17, 15) is 14.7 Å². The van der Waals surface area contributed by atoms with Crippen molar-refractivity contribution in [3.05, 3.63) is 41.5 Å². The molecule has 0 aliphatic carbocycles. The van der Waals surface area contributed by atoms with Gasteiger partial charge in [0.25, 0.3) is 0 Å². The Morgan fingerprint density at radius 3 is 1.93 bits per heavy atom. The predicted molar refractivity (Wildman–Crippen MR) is 101 cm³/mol. The maximum Gasteiger partial charge on any atom is 0.339 e. The van der Waals surface area contributed by atoms with Gasteiger partial charge in [0.05, 0.1) is 27.8 Å². The van der Waals surface area contributed by atoms with E-state index in [-0.39, 0.29) is 29.4 Å². The molecule has 0 spiro atoms. The van der Waals surface area contributed by atoms with Crippen molar-refractivity contribution < 1.29 is 28.9 Å². The van der Waals surface area contributed by atoms with E-state index in [4.69, 9.17) is 14.2 Å². The molecule has 144 valence electrons. The molecule has 0 fully saturated rings. The molecule has 7 heteroatoms. The molecule has 2 aromatic rings. The lowest BCUT2D eigenvalue weighted by Gasteiger charge is -2.18. The molecule has 0 radical (unpaired) electrons. The fourth-order valence-electron chi connectivity index (χ4n) is 2.72. The van der Waals surface area contributed by atoms with Crippen LogP contribution in [-0.2, 0) is 11.2 Å². The molecule has 27 heavy (non-hydrogen) atoms. The maximum absolute atomic E-state index is 11.9. The van der Waals surface area contributed by atoms with Crippen LogP contribution in [0, 0.1) is 0 Å². The summed E-state index contributed by atoms with van der Waals surface area (Å²) in [6.07, 6.45) is 0.288. The number of methoxy groups -OCH3 is 3. The van der Waals surface area contributed by atoms with Gasteiger partial charge in [-0.3, -0.25) is 4.79 Å². The third-order valence-corrected chi connectivity index (χ3v) is 4.15. The molecule has 0 bridgehead atoms. The number of amides is 1. The minimum atomic E-state index is -1.14. The van der Waals surface area contributed by atoms with Crippen LogP contribution in [0.1, 0.15) is 15.9 Å². The van der Waals surface area contributed by atoms with Crippen molar-refractivity contribution >= 4 is 11.9 Å². The molecule has 0 unspecified atom stereocenters. The Hall–Kier alpha value is -3.22. The summed E-state index contributed by atoms with van der Waals surface area (Å²) in [6.45, 7) is 0. The SMILES string of the molecule is COc1c(C(=O)O)cc(-c2ccc(CC(=O)N(C)C)cc2)c(OC)c1OC. The van der Waals surface area contributed by atoms with Gasteiger partial charge in [0.15, 0.2) is 11.5 Å². The van der Waals surface area contributed by atoms with Crippen molar-refractivity contribution in [1.29, 1.82) is 0 Å². The molecule has 0 saturated carbocycles. The van der Waals surface area contributed by atoms with Gasteiger partial charge in [0.2, 0.25) is 11.7 Å². The molecular formula is C20H23NO6. The monoisotopic (exact) mass is 373 g/mol. The number of carbonyl (C=O) groups is 2. The van der Waals surface area contributed by atoms with E-state index >= 15 is 0 Å². The lowest BCUT2D eigenvalue weighted by atomic mass is 9.98. The highest BCUT2D eigenvalue weighted by Gasteiger charge is 2.25. The van der Waals surface area contributed by atoms with E-state index in [0.29, 0.717) is 11.3 Å². The summed E-state index contributed by atoms with van der Waals surface area (Å²) in [5.74, 6) is -0.459. The molecule has 0 heterocycles. The smallest absolute Gasteiger partial charge is 0.339 e. The standard InChI is InChI=1S/C20H23NO6/c1-21(2)16(22)10-12-6-8-13(9-7-12)14-11-15(20(23)24)18(26-4)19(27-5)17(14)25-3/h6-9,11H,10H2,1-5H3,(H,23,24). The van der Waals surface area contributed by atoms with Gasteiger partial charge in [-0.25, -0.2) is 4.79 Å². The van der Waals surface area contributed by atoms with Crippen molar-refractivity contribution in [2.45, 2.75) is 6.42 Å². The van der Waals surface area contributed by atoms with Crippen molar-refractivity contribution in [2.24, 2.45) is 0 Å². The van der Waals surface area contributed by atoms with E-state index in [1.807, 2.05) is 24.3 Å². The number of carboxylic acids is 1. The number of ether oxygens (including phenoxy) is 3. The third kappa shape index (κ3) is 4.13. The summed E-state index contributed by atoms with van der Waals surface area (Å²) >= 11 is 0. The van der Waals surface area contributed by atoms with Crippen molar-refractivity contribution in [3.63, 3.8) is 0 Å². The van der Waals surface area contributed by atoms with Crippen LogP contribution in [0.5, 0.6) is 17.2 Å². The van der Waals surface area contributed by atoms with Gasteiger partial charge in [-0.15, -0.1) is 0 Å². The van der Waals surface area contributed by atoms with Gasteiger partial charge >= 0.3 is 5.97 Å². The molecule has 0 atom stereocenters. The molecule has 2 aromatic carbocycles. The molecule has 0 aromatic heterocycles. The molecule has 1 N–H and O–H groups in total. The fourth-order valence-corrected chi connectivity index (χ4v) is 2.72. The van der Waals surface area contributed by atoms with Crippen LogP contribution in [0.15, 0.2) is 30.3 Å². The lowest BCUT2D eigenvalue weighted by molar-refractivity contribution is -0.127. The molecule has 0 aliphatic rings. The fraction of sp³-hybridized carbons (Fsp3) is 0.300. The van der Waals surface area contributed by atoms with E-state index in [1.54, 1.807) is 14.1 Å². The van der Waals surface area contributed by atoms with Crippen LogP contribution >= 0.6 is 0 Å². The largest absolute Gasteiger partial charge is 0.492 e. The maximum atomic E-state index is 11.9. The van der Waals surface area contributed by atoms with Gasteiger partial charge < -0.3 is 24.2 Å². The normalized spacial score (nSPS) is 10.3. The number of hydrogen-bond donors (Lipinski definition) is 1. The van der Waals surface area contributed by atoms with Crippen LogP contribution in [0.4, 0.5) is 0 Å². The van der Waals surface area contributed by atoms with Crippen LogP contribution in [-0.4, -0.2) is 57.3 Å². The Kier molecular flexibility index (Phi) is 6.28. The van der Waals surface area contributed by atoms with E-state index in [1.165, 1.54) is 32.3 Å². The Morgan fingerprint density at radius 1 is 0.926 bits per heavy atom. The van der Waals surface area contributed by atoms with E-state index in [0.717, 1.165) is 11.1 Å². The summed E-state index contributed by atoms with van der Waals surface area (Å²) in [4.78, 5) is 25.0. The number of likely N-dealkylation sites (N-methyl/N-ethyl adjacent to an activating group) is 1. The molecule has 0 saturated heterocycles. The summed E-state index contributed by atoms with van der Waals surface area (Å²) in [5, 5.41) is 9.53. The number of benzene rings is 2. The number of nitrogens with zero attached hydrogens (tertiary/aromatic N) is 1. The lowest BCUT2D eigenvalue weighted by Crippen LogP contribution is -2.23. The summed E-state index contributed by atoms with van der Waals surface area (Å²) in [6, 6.07) is 8.77. The van der Waals surface area contributed by atoms with Gasteiger partial charge in [0.1, 0.15) is 5.56 Å². The topological polar surface area (TPSA) is 85.3 Å².